The minimum absolute atomic E-state index is 0.0106. The van der Waals surface area contributed by atoms with E-state index in [1.54, 1.807) is 26.1 Å². The SMILES string of the molecule is CC(C)(C)OC(=O)NC[C@H]1CC[C@@H](C(=O)N[C@H](c2c(F)cccc2F)C(F)(F)F)O1. The van der Waals surface area contributed by atoms with Crippen molar-refractivity contribution in [3.05, 3.63) is 35.4 Å². The zero-order valence-corrected chi connectivity index (χ0v) is 16.6. The van der Waals surface area contributed by atoms with Crippen LogP contribution in [-0.2, 0) is 14.3 Å². The van der Waals surface area contributed by atoms with Gasteiger partial charge in [-0.2, -0.15) is 13.2 Å². The molecule has 168 valence electrons. The highest BCUT2D eigenvalue weighted by atomic mass is 19.4. The summed E-state index contributed by atoms with van der Waals surface area (Å²) >= 11 is 0. The van der Waals surface area contributed by atoms with Gasteiger partial charge < -0.3 is 20.1 Å². The lowest BCUT2D eigenvalue weighted by atomic mass is 10.0. The summed E-state index contributed by atoms with van der Waals surface area (Å²) in [6.07, 6.45) is -7.34. The van der Waals surface area contributed by atoms with E-state index in [0.717, 1.165) is 6.07 Å². The molecule has 1 aliphatic rings. The van der Waals surface area contributed by atoms with Crippen LogP contribution in [0.25, 0.3) is 0 Å². The zero-order valence-electron chi connectivity index (χ0n) is 16.6. The molecule has 30 heavy (non-hydrogen) atoms. The Morgan fingerprint density at radius 3 is 2.30 bits per heavy atom. The van der Waals surface area contributed by atoms with Gasteiger partial charge in [0.05, 0.1) is 11.7 Å². The molecule has 1 aromatic rings. The number of halogens is 5. The van der Waals surface area contributed by atoms with Crippen LogP contribution in [0.4, 0.5) is 26.7 Å². The molecule has 1 aliphatic heterocycles. The predicted molar refractivity (Wildman–Crippen MR) is 95.4 cm³/mol. The van der Waals surface area contributed by atoms with E-state index in [-0.39, 0.29) is 13.0 Å². The first-order valence-corrected chi connectivity index (χ1v) is 9.21. The molecule has 0 saturated carbocycles. The minimum atomic E-state index is -5.13. The van der Waals surface area contributed by atoms with Crippen LogP contribution >= 0.6 is 0 Å². The second-order valence-electron chi connectivity index (χ2n) is 7.83. The van der Waals surface area contributed by atoms with Gasteiger partial charge in [-0.15, -0.1) is 0 Å². The van der Waals surface area contributed by atoms with Crippen LogP contribution in [-0.4, -0.2) is 42.5 Å². The molecule has 0 aromatic heterocycles. The molecule has 0 unspecified atom stereocenters. The van der Waals surface area contributed by atoms with E-state index >= 15 is 0 Å². The summed E-state index contributed by atoms with van der Waals surface area (Å²) in [6.45, 7) is 5.01. The maximum atomic E-state index is 13.8. The number of hydrogen-bond acceptors (Lipinski definition) is 4. The predicted octanol–water partition coefficient (Wildman–Crippen LogP) is 3.76. The Hall–Kier alpha value is -2.43. The molecule has 0 spiro atoms. The zero-order chi connectivity index (χ0) is 22.7. The molecule has 1 aromatic carbocycles. The molecule has 0 aliphatic carbocycles. The van der Waals surface area contributed by atoms with Crippen LogP contribution in [0.1, 0.15) is 45.2 Å². The Morgan fingerprint density at radius 1 is 1.17 bits per heavy atom. The third-order valence-corrected chi connectivity index (χ3v) is 4.18. The van der Waals surface area contributed by atoms with Gasteiger partial charge >= 0.3 is 12.3 Å². The monoisotopic (exact) mass is 438 g/mol. The number of hydrogen-bond donors (Lipinski definition) is 2. The lowest BCUT2D eigenvalue weighted by molar-refractivity contribution is -0.167. The first kappa shape index (κ1) is 23.8. The van der Waals surface area contributed by atoms with Crippen LogP contribution in [0, 0.1) is 11.6 Å². The first-order valence-electron chi connectivity index (χ1n) is 9.21. The van der Waals surface area contributed by atoms with Gasteiger partial charge in [0.1, 0.15) is 23.3 Å². The molecule has 2 rings (SSSR count). The number of carbonyl (C=O) groups is 2. The van der Waals surface area contributed by atoms with Crippen LogP contribution in [0.3, 0.4) is 0 Å². The quantitative estimate of drug-likeness (QED) is 0.687. The van der Waals surface area contributed by atoms with Gasteiger partial charge in [-0.1, -0.05) is 6.07 Å². The van der Waals surface area contributed by atoms with E-state index in [2.05, 4.69) is 5.32 Å². The number of carbonyl (C=O) groups excluding carboxylic acids is 2. The topological polar surface area (TPSA) is 76.7 Å². The van der Waals surface area contributed by atoms with E-state index in [1.807, 2.05) is 0 Å². The van der Waals surface area contributed by atoms with Gasteiger partial charge in [-0.3, -0.25) is 4.79 Å². The normalized spacial score (nSPS) is 20.5. The van der Waals surface area contributed by atoms with Crippen molar-refractivity contribution in [3.63, 3.8) is 0 Å². The summed E-state index contributed by atoms with van der Waals surface area (Å²) in [7, 11) is 0. The Labute approximate surface area is 170 Å². The number of benzene rings is 1. The van der Waals surface area contributed by atoms with Crippen molar-refractivity contribution in [2.24, 2.45) is 0 Å². The maximum Gasteiger partial charge on any atom is 0.413 e. The number of nitrogens with one attached hydrogen (secondary N) is 2. The summed E-state index contributed by atoms with van der Waals surface area (Å²) in [5, 5.41) is 4.08. The Kier molecular flexibility index (Phi) is 7.27. The largest absolute Gasteiger partial charge is 0.444 e. The third kappa shape index (κ3) is 6.54. The fourth-order valence-electron chi connectivity index (χ4n) is 2.90. The Morgan fingerprint density at radius 2 is 1.77 bits per heavy atom. The lowest BCUT2D eigenvalue weighted by Gasteiger charge is -2.24. The molecular weight excluding hydrogens is 415 g/mol. The molecule has 2 N–H and O–H groups in total. The fraction of sp³-hybridized carbons (Fsp3) is 0.579. The summed E-state index contributed by atoms with van der Waals surface area (Å²) in [4.78, 5) is 23.9. The molecule has 1 heterocycles. The van der Waals surface area contributed by atoms with Gasteiger partial charge in [-0.25, -0.2) is 13.6 Å². The summed E-state index contributed by atoms with van der Waals surface area (Å²) < 4.78 is 78.3. The second kappa shape index (κ2) is 9.15. The molecule has 1 fully saturated rings. The van der Waals surface area contributed by atoms with Crippen LogP contribution < -0.4 is 10.6 Å². The van der Waals surface area contributed by atoms with Crippen molar-refractivity contribution >= 4 is 12.0 Å². The fourth-order valence-corrected chi connectivity index (χ4v) is 2.90. The summed E-state index contributed by atoms with van der Waals surface area (Å²) in [5.74, 6) is -4.01. The van der Waals surface area contributed by atoms with Gasteiger partial charge in [-0.05, 0) is 45.7 Å². The highest BCUT2D eigenvalue weighted by molar-refractivity contribution is 5.81. The summed E-state index contributed by atoms with van der Waals surface area (Å²) in [5.41, 5.74) is -2.00. The molecule has 0 radical (unpaired) electrons. The number of ether oxygens (including phenoxy) is 2. The van der Waals surface area contributed by atoms with Gasteiger partial charge in [0.15, 0.2) is 6.04 Å². The molecule has 6 nitrogen and oxygen atoms in total. The van der Waals surface area contributed by atoms with E-state index in [0.29, 0.717) is 18.6 Å². The highest BCUT2D eigenvalue weighted by Crippen LogP contribution is 2.36. The van der Waals surface area contributed by atoms with Crippen molar-refractivity contribution < 1.29 is 41.0 Å². The lowest BCUT2D eigenvalue weighted by Crippen LogP contribution is -2.44. The van der Waals surface area contributed by atoms with Crippen LogP contribution in [0.2, 0.25) is 0 Å². The van der Waals surface area contributed by atoms with Gasteiger partial charge in [0, 0.05) is 6.54 Å². The van der Waals surface area contributed by atoms with Crippen molar-refractivity contribution in [2.75, 3.05) is 6.54 Å². The minimum Gasteiger partial charge on any atom is -0.444 e. The van der Waals surface area contributed by atoms with Gasteiger partial charge in [0.25, 0.3) is 0 Å². The first-order chi connectivity index (χ1) is 13.8. The molecule has 1 saturated heterocycles. The number of alkyl carbamates (subject to hydrolysis) is 1. The molecule has 0 bridgehead atoms. The average Bonchev–Trinajstić information content (AvgIpc) is 3.05. The van der Waals surface area contributed by atoms with Crippen molar-refractivity contribution in [1.29, 1.82) is 0 Å². The van der Waals surface area contributed by atoms with E-state index in [1.165, 1.54) is 0 Å². The third-order valence-electron chi connectivity index (χ3n) is 4.18. The molecule has 3 atom stereocenters. The van der Waals surface area contributed by atoms with E-state index in [9.17, 15) is 31.5 Å². The van der Waals surface area contributed by atoms with Crippen molar-refractivity contribution in [1.82, 2.24) is 10.6 Å². The van der Waals surface area contributed by atoms with Crippen LogP contribution in [0.5, 0.6) is 0 Å². The van der Waals surface area contributed by atoms with E-state index < -0.39 is 59.2 Å². The molecular formula is C19H23F5N2O4. The standard InChI is InChI=1S/C19H23F5N2O4/c1-18(2,3)30-17(28)25-9-10-7-8-13(29-10)16(27)26-15(19(22,23)24)14-11(20)5-4-6-12(14)21/h4-6,10,13,15H,7-9H2,1-3H3,(H,25,28)(H,26,27)/t10-,13+,15-/m1/s1. The maximum absolute atomic E-state index is 13.8. The average molecular weight is 438 g/mol. The second-order valence-corrected chi connectivity index (χ2v) is 7.83. The Balaban J connectivity index is 1.98. The summed E-state index contributed by atoms with van der Waals surface area (Å²) in [6, 6.07) is -0.596. The van der Waals surface area contributed by atoms with Crippen molar-refractivity contribution in [3.8, 4) is 0 Å². The number of amides is 2. The van der Waals surface area contributed by atoms with E-state index in [4.69, 9.17) is 9.47 Å². The molecule has 2 amide bonds. The molecule has 11 heteroatoms. The highest BCUT2D eigenvalue weighted by Gasteiger charge is 2.46. The Bertz CT molecular complexity index is 759. The smallest absolute Gasteiger partial charge is 0.413 e. The number of alkyl halides is 3. The van der Waals surface area contributed by atoms with Gasteiger partial charge in [0.2, 0.25) is 5.91 Å². The number of rotatable bonds is 5. The van der Waals surface area contributed by atoms with Crippen LogP contribution in [0.15, 0.2) is 18.2 Å². The van der Waals surface area contributed by atoms with Crippen molar-refractivity contribution in [2.45, 2.75) is 63.6 Å².